The van der Waals surface area contributed by atoms with E-state index in [0.29, 0.717) is 6.04 Å². The van der Waals surface area contributed by atoms with Gasteiger partial charge in [-0.25, -0.2) is 0 Å². The first-order valence-corrected chi connectivity index (χ1v) is 5.53. The summed E-state index contributed by atoms with van der Waals surface area (Å²) in [4.78, 5) is 0. The molecule has 0 spiro atoms. The van der Waals surface area contributed by atoms with Crippen molar-refractivity contribution in [3.8, 4) is 5.75 Å². The van der Waals surface area contributed by atoms with Gasteiger partial charge in [-0.2, -0.15) is 0 Å². The fourth-order valence-corrected chi connectivity index (χ4v) is 1.46. The fourth-order valence-electron chi connectivity index (χ4n) is 1.46. The molecule has 0 aromatic heterocycles. The minimum absolute atomic E-state index is 0.229. The van der Waals surface area contributed by atoms with Crippen LogP contribution in [0.4, 0.5) is 5.69 Å². The molecule has 1 aromatic carbocycles. The molecule has 0 fully saturated rings. The van der Waals surface area contributed by atoms with Gasteiger partial charge in [0.15, 0.2) is 0 Å². The van der Waals surface area contributed by atoms with Gasteiger partial charge >= 0.3 is 0 Å². The monoisotopic (exact) mass is 207 g/mol. The van der Waals surface area contributed by atoms with Crippen LogP contribution in [0.5, 0.6) is 5.75 Å². The van der Waals surface area contributed by atoms with Crippen molar-refractivity contribution in [2.45, 2.75) is 46.8 Å². The Labute approximate surface area is 92.6 Å². The van der Waals surface area contributed by atoms with Crippen LogP contribution in [0, 0.1) is 6.92 Å². The number of hydrogen-bond donors (Lipinski definition) is 1. The average molecular weight is 207 g/mol. The first-order chi connectivity index (χ1) is 6.99. The lowest BCUT2D eigenvalue weighted by Gasteiger charge is -2.15. The third kappa shape index (κ3) is 3.82. The predicted octanol–water partition coefficient (Wildman–Crippen LogP) is 3.60. The molecule has 84 valence electrons. The van der Waals surface area contributed by atoms with E-state index in [1.807, 2.05) is 19.9 Å². The molecular formula is C13H21NO. The summed E-state index contributed by atoms with van der Waals surface area (Å²) in [5.74, 6) is 0.972. The summed E-state index contributed by atoms with van der Waals surface area (Å²) in [5.41, 5.74) is 2.33. The fraction of sp³-hybridized carbons (Fsp3) is 0.538. The summed E-state index contributed by atoms with van der Waals surface area (Å²) in [6.07, 6.45) is 0.229. The van der Waals surface area contributed by atoms with Gasteiger partial charge in [0.05, 0.1) is 6.10 Å². The first-order valence-electron chi connectivity index (χ1n) is 5.53. The van der Waals surface area contributed by atoms with Crippen LogP contribution in [0.25, 0.3) is 0 Å². The van der Waals surface area contributed by atoms with Gasteiger partial charge in [-0.3, -0.25) is 0 Å². The summed E-state index contributed by atoms with van der Waals surface area (Å²) in [6, 6.07) is 6.67. The Morgan fingerprint density at radius 1 is 1.13 bits per heavy atom. The SMILES string of the molecule is Cc1cc(NC(C)C)ccc1OC(C)C. The van der Waals surface area contributed by atoms with Gasteiger partial charge in [0.2, 0.25) is 0 Å². The minimum atomic E-state index is 0.229. The highest BCUT2D eigenvalue weighted by molar-refractivity contribution is 5.51. The van der Waals surface area contributed by atoms with Crippen LogP contribution in [-0.4, -0.2) is 12.1 Å². The second kappa shape index (κ2) is 5.06. The van der Waals surface area contributed by atoms with E-state index in [-0.39, 0.29) is 6.10 Å². The van der Waals surface area contributed by atoms with Crippen LogP contribution in [0.2, 0.25) is 0 Å². The van der Waals surface area contributed by atoms with Crippen LogP contribution in [-0.2, 0) is 0 Å². The van der Waals surface area contributed by atoms with E-state index in [0.717, 1.165) is 11.4 Å². The van der Waals surface area contributed by atoms with Crippen molar-refractivity contribution in [3.05, 3.63) is 23.8 Å². The molecule has 0 heterocycles. The quantitative estimate of drug-likeness (QED) is 0.814. The predicted molar refractivity (Wildman–Crippen MR) is 65.7 cm³/mol. The Hall–Kier alpha value is -1.18. The molecule has 0 amide bonds. The molecule has 15 heavy (non-hydrogen) atoms. The molecule has 0 radical (unpaired) electrons. The Balaban J connectivity index is 2.78. The number of aryl methyl sites for hydroxylation is 1. The molecule has 1 N–H and O–H groups in total. The Morgan fingerprint density at radius 2 is 1.80 bits per heavy atom. The van der Waals surface area contributed by atoms with Crippen molar-refractivity contribution in [2.75, 3.05) is 5.32 Å². The molecular weight excluding hydrogens is 186 g/mol. The summed E-state index contributed by atoms with van der Waals surface area (Å²) < 4.78 is 5.68. The maximum Gasteiger partial charge on any atom is 0.122 e. The van der Waals surface area contributed by atoms with E-state index in [4.69, 9.17) is 4.74 Å². The summed E-state index contributed by atoms with van der Waals surface area (Å²) in [7, 11) is 0. The van der Waals surface area contributed by atoms with Gasteiger partial charge in [-0.05, 0) is 58.4 Å². The highest BCUT2D eigenvalue weighted by Crippen LogP contribution is 2.23. The van der Waals surface area contributed by atoms with E-state index in [1.165, 1.54) is 5.56 Å². The Morgan fingerprint density at radius 3 is 2.27 bits per heavy atom. The second-order valence-electron chi connectivity index (χ2n) is 4.45. The van der Waals surface area contributed by atoms with Gasteiger partial charge in [0.25, 0.3) is 0 Å². The number of rotatable bonds is 4. The number of hydrogen-bond acceptors (Lipinski definition) is 2. The van der Waals surface area contributed by atoms with Gasteiger partial charge in [0.1, 0.15) is 5.75 Å². The van der Waals surface area contributed by atoms with Crippen LogP contribution in [0.3, 0.4) is 0 Å². The van der Waals surface area contributed by atoms with E-state index in [2.05, 4.69) is 38.2 Å². The van der Waals surface area contributed by atoms with Gasteiger partial charge in [0, 0.05) is 11.7 Å². The number of anilines is 1. The molecule has 0 saturated carbocycles. The van der Waals surface area contributed by atoms with E-state index in [1.54, 1.807) is 0 Å². The van der Waals surface area contributed by atoms with Gasteiger partial charge < -0.3 is 10.1 Å². The highest BCUT2D eigenvalue weighted by Gasteiger charge is 2.03. The number of nitrogens with one attached hydrogen (secondary N) is 1. The summed E-state index contributed by atoms with van der Waals surface area (Å²) in [5, 5.41) is 3.37. The zero-order valence-corrected chi connectivity index (χ0v) is 10.3. The average Bonchev–Trinajstić information content (AvgIpc) is 2.08. The normalized spacial score (nSPS) is 10.9. The van der Waals surface area contributed by atoms with E-state index in [9.17, 15) is 0 Å². The van der Waals surface area contributed by atoms with Crippen molar-refractivity contribution < 1.29 is 4.74 Å². The standard InChI is InChI=1S/C13H21NO/c1-9(2)14-12-6-7-13(11(5)8-12)15-10(3)4/h6-10,14H,1-5H3. The van der Waals surface area contributed by atoms with Crippen molar-refractivity contribution in [3.63, 3.8) is 0 Å². The van der Waals surface area contributed by atoms with Crippen LogP contribution in [0.1, 0.15) is 33.3 Å². The number of benzene rings is 1. The first kappa shape index (κ1) is 11.9. The largest absolute Gasteiger partial charge is 0.491 e. The van der Waals surface area contributed by atoms with Gasteiger partial charge in [-0.1, -0.05) is 0 Å². The maximum absolute atomic E-state index is 5.68. The molecule has 1 aromatic rings. The topological polar surface area (TPSA) is 21.3 Å². The maximum atomic E-state index is 5.68. The molecule has 0 aliphatic heterocycles. The molecule has 2 heteroatoms. The molecule has 0 unspecified atom stereocenters. The van der Waals surface area contributed by atoms with Crippen molar-refractivity contribution in [1.82, 2.24) is 0 Å². The Kier molecular flexibility index (Phi) is 4.01. The van der Waals surface area contributed by atoms with E-state index < -0.39 is 0 Å². The third-order valence-corrected chi connectivity index (χ3v) is 1.99. The van der Waals surface area contributed by atoms with Crippen LogP contribution >= 0.6 is 0 Å². The lowest BCUT2D eigenvalue weighted by atomic mass is 10.2. The second-order valence-corrected chi connectivity index (χ2v) is 4.45. The van der Waals surface area contributed by atoms with Crippen LogP contribution in [0.15, 0.2) is 18.2 Å². The molecule has 0 aliphatic rings. The minimum Gasteiger partial charge on any atom is -0.491 e. The zero-order chi connectivity index (χ0) is 11.4. The van der Waals surface area contributed by atoms with E-state index >= 15 is 0 Å². The van der Waals surface area contributed by atoms with Crippen LogP contribution < -0.4 is 10.1 Å². The molecule has 0 saturated heterocycles. The lowest BCUT2D eigenvalue weighted by Crippen LogP contribution is -2.10. The third-order valence-electron chi connectivity index (χ3n) is 1.99. The van der Waals surface area contributed by atoms with Crippen molar-refractivity contribution in [1.29, 1.82) is 0 Å². The number of ether oxygens (including phenoxy) is 1. The molecule has 1 rings (SSSR count). The smallest absolute Gasteiger partial charge is 0.122 e. The Bertz CT molecular complexity index is 318. The van der Waals surface area contributed by atoms with Crippen molar-refractivity contribution >= 4 is 5.69 Å². The molecule has 0 bridgehead atoms. The summed E-state index contributed by atoms with van der Waals surface area (Å²) in [6.45, 7) is 10.4. The lowest BCUT2D eigenvalue weighted by molar-refractivity contribution is 0.241. The molecule has 2 nitrogen and oxygen atoms in total. The highest BCUT2D eigenvalue weighted by atomic mass is 16.5. The molecule has 0 atom stereocenters. The molecule has 0 aliphatic carbocycles. The van der Waals surface area contributed by atoms with Gasteiger partial charge in [-0.15, -0.1) is 0 Å². The zero-order valence-electron chi connectivity index (χ0n) is 10.3. The summed E-state index contributed by atoms with van der Waals surface area (Å²) >= 11 is 0. The van der Waals surface area contributed by atoms with Crippen molar-refractivity contribution in [2.24, 2.45) is 0 Å².